The van der Waals surface area contributed by atoms with E-state index in [9.17, 15) is 41.5 Å². The van der Waals surface area contributed by atoms with Crippen LogP contribution >= 0.6 is 0 Å². The summed E-state index contributed by atoms with van der Waals surface area (Å²) in [5, 5.41) is 4.81. The summed E-state index contributed by atoms with van der Waals surface area (Å²) >= 11 is 0. The van der Waals surface area contributed by atoms with Gasteiger partial charge in [-0.3, -0.25) is 39.5 Å². The van der Waals surface area contributed by atoms with E-state index in [2.05, 4.69) is 15.6 Å². The van der Waals surface area contributed by atoms with Gasteiger partial charge in [0.25, 0.3) is 17.7 Å². The molecule has 4 aromatic rings. The van der Waals surface area contributed by atoms with Gasteiger partial charge in [-0.2, -0.15) is 13.2 Å². The fourth-order valence-electron chi connectivity index (χ4n) is 7.17. The van der Waals surface area contributed by atoms with Crippen LogP contribution in [0, 0.1) is 11.7 Å². The molecule has 2 N–H and O–H groups in total. The van der Waals surface area contributed by atoms with Crippen molar-refractivity contribution in [1.29, 1.82) is 0 Å². The van der Waals surface area contributed by atoms with Crippen molar-refractivity contribution in [1.82, 2.24) is 19.8 Å². The maximum Gasteiger partial charge on any atom is 0.416 e. The van der Waals surface area contributed by atoms with Gasteiger partial charge in [-0.15, -0.1) is 0 Å². The van der Waals surface area contributed by atoms with Crippen LogP contribution in [0.3, 0.4) is 0 Å². The Balaban J connectivity index is 0.891. The number of hydrogen-bond donors (Lipinski definition) is 2. The zero-order valence-electron chi connectivity index (χ0n) is 28.7. The van der Waals surface area contributed by atoms with Gasteiger partial charge in [0.05, 0.1) is 34.2 Å². The Bertz CT molecular complexity index is 2150. The Morgan fingerprint density at radius 2 is 1.70 bits per heavy atom. The predicted molar refractivity (Wildman–Crippen MR) is 185 cm³/mol. The number of anilines is 1. The molecule has 3 aliphatic rings. The largest absolute Gasteiger partial charge is 0.503 e. The highest BCUT2D eigenvalue weighted by Gasteiger charge is 2.44. The van der Waals surface area contributed by atoms with Gasteiger partial charge in [0.15, 0.2) is 7.28 Å². The van der Waals surface area contributed by atoms with Crippen molar-refractivity contribution in [2.75, 3.05) is 24.9 Å². The smallest absolute Gasteiger partial charge is 0.416 e. The molecule has 3 aromatic carbocycles. The molecule has 1 saturated heterocycles. The lowest BCUT2D eigenvalue weighted by Gasteiger charge is -2.30. The zero-order chi connectivity index (χ0) is 38.1. The van der Waals surface area contributed by atoms with Crippen molar-refractivity contribution in [3.8, 4) is 5.75 Å². The number of rotatable bonds is 11. The van der Waals surface area contributed by atoms with Crippen LogP contribution in [0.25, 0.3) is 11.0 Å². The molecule has 1 unspecified atom stereocenters. The quantitative estimate of drug-likeness (QED) is 0.0911. The summed E-state index contributed by atoms with van der Waals surface area (Å²) in [6.07, 6.45) is -1.58. The van der Waals surface area contributed by atoms with Crippen LogP contribution < -0.4 is 15.4 Å². The molecule has 0 bridgehead atoms. The fraction of sp³-hybridized carbons (Fsp3) is 0.351. The average molecular weight is 747 g/mol. The summed E-state index contributed by atoms with van der Waals surface area (Å²) in [6.45, 7) is 0.923. The number of imide groups is 2. The van der Waals surface area contributed by atoms with Crippen LogP contribution in [-0.2, 0) is 20.5 Å². The highest BCUT2D eigenvalue weighted by Crippen LogP contribution is 2.37. The molecule has 1 aliphatic carbocycles. The first-order valence-corrected chi connectivity index (χ1v) is 17.4. The second kappa shape index (κ2) is 15.0. The molecular weight excluding hydrogens is 713 g/mol. The number of fused-ring (bicyclic) bond motifs is 2. The van der Waals surface area contributed by atoms with Gasteiger partial charge in [-0.25, -0.2) is 9.37 Å². The second-order valence-corrected chi connectivity index (χ2v) is 13.4. The third-order valence-electron chi connectivity index (χ3n) is 9.88. The highest BCUT2D eigenvalue weighted by atomic mass is 19.4. The number of nitrogens with one attached hydrogen (secondary N) is 2. The van der Waals surface area contributed by atoms with Gasteiger partial charge in [0.2, 0.25) is 17.8 Å². The molecule has 1 atom stereocenters. The maximum absolute atomic E-state index is 14.1. The summed E-state index contributed by atoms with van der Waals surface area (Å²) in [4.78, 5) is 68.1. The van der Waals surface area contributed by atoms with Crippen LogP contribution in [0.15, 0.2) is 60.7 Å². The molecule has 1 aromatic heterocycles. The van der Waals surface area contributed by atoms with Crippen LogP contribution in [0.5, 0.6) is 5.75 Å². The number of amides is 5. The minimum absolute atomic E-state index is 0.0305. The monoisotopic (exact) mass is 746 g/mol. The predicted octanol–water partition coefficient (Wildman–Crippen LogP) is 5.29. The van der Waals surface area contributed by atoms with Gasteiger partial charge < -0.3 is 14.0 Å². The molecule has 7 rings (SSSR count). The van der Waals surface area contributed by atoms with Crippen molar-refractivity contribution in [3.05, 3.63) is 88.7 Å². The Morgan fingerprint density at radius 3 is 2.46 bits per heavy atom. The molecule has 0 spiro atoms. The number of nitrogens with zero attached hydrogens (tertiary/aromatic N) is 3. The minimum atomic E-state index is -4.61. The van der Waals surface area contributed by atoms with E-state index < -0.39 is 53.1 Å². The number of carbonyl (C=O) groups excluding carboxylic acids is 5. The molecule has 12 nitrogen and oxygen atoms in total. The highest BCUT2D eigenvalue weighted by molar-refractivity contribution is 6.35. The number of alkyl halides is 3. The summed E-state index contributed by atoms with van der Waals surface area (Å²) in [5.74, 6) is -2.91. The van der Waals surface area contributed by atoms with Crippen molar-refractivity contribution < 1.29 is 51.0 Å². The number of piperidine rings is 1. The minimum Gasteiger partial charge on any atom is -0.503 e. The lowest BCUT2D eigenvalue weighted by atomic mass is 9.81. The molecule has 2 fully saturated rings. The Kier molecular flexibility index (Phi) is 10.2. The number of carbonyl (C=O) groups is 5. The number of ether oxygens (including phenoxy) is 2. The van der Waals surface area contributed by atoms with Gasteiger partial charge in [0, 0.05) is 37.2 Å². The average Bonchev–Trinajstić information content (AvgIpc) is 3.61. The van der Waals surface area contributed by atoms with E-state index >= 15 is 0 Å². The van der Waals surface area contributed by atoms with Crippen LogP contribution in [0.1, 0.15) is 81.2 Å². The number of imidazole rings is 1. The standard InChI is InChI=1S/C37H33BF4N5O7/c39-23-6-11-29-28(15-23)43-36(45-32(49)21-2-1-3-22(14-21)37(40,41)42)46(29)24-7-4-20(5-8-24)17-53-18-38-19-54-25-9-10-26-27(16-25)35(52)47(34(26)51)30-12-13-31(48)44-33(30)50/h1-3,6,9-11,14-16,20,24,30H,4-5,7-8,12-13,17-19H2,(H,43,45,49)(H,44,48,50). The first kappa shape index (κ1) is 36.8. The SMILES string of the molecule is O=C1CCC(N2C(=O)c3ccc(OC[B]COCC4CCC(n5c(NC(=O)c6cccc(C(F)(F)F)c6)nc6cc(F)ccc65)CC4)cc3C2=O)C(=O)N1. The molecule has 2 aliphatic heterocycles. The molecule has 54 heavy (non-hydrogen) atoms. The normalized spacial score (nSPS) is 20.2. The fourth-order valence-corrected chi connectivity index (χ4v) is 7.17. The molecule has 5 amide bonds. The van der Waals surface area contributed by atoms with Crippen molar-refractivity contribution in [3.63, 3.8) is 0 Å². The molecule has 1 radical (unpaired) electrons. The molecule has 279 valence electrons. The molecule has 17 heteroatoms. The van der Waals surface area contributed by atoms with Crippen molar-refractivity contribution in [2.24, 2.45) is 5.92 Å². The lowest BCUT2D eigenvalue weighted by molar-refractivity contribution is -0.138. The number of benzene rings is 3. The Morgan fingerprint density at radius 1 is 0.926 bits per heavy atom. The third-order valence-corrected chi connectivity index (χ3v) is 9.88. The van der Waals surface area contributed by atoms with Crippen LogP contribution in [-0.4, -0.2) is 76.9 Å². The van der Waals surface area contributed by atoms with E-state index in [1.54, 1.807) is 19.4 Å². The van der Waals surface area contributed by atoms with Gasteiger partial charge in [0.1, 0.15) is 17.6 Å². The summed E-state index contributed by atoms with van der Waals surface area (Å²) in [7, 11) is 1.78. The topological polar surface area (TPSA) is 149 Å². The molecular formula is C37H33BF4N5O7. The summed E-state index contributed by atoms with van der Waals surface area (Å²) in [5.41, 5.74) is 0.0478. The third kappa shape index (κ3) is 7.58. The molecule has 1 saturated carbocycles. The van der Waals surface area contributed by atoms with E-state index in [0.717, 1.165) is 35.9 Å². The first-order valence-electron chi connectivity index (χ1n) is 17.4. The van der Waals surface area contributed by atoms with Gasteiger partial charge in [-0.05, 0) is 86.6 Å². The Hall–Kier alpha value is -5.58. The van der Waals surface area contributed by atoms with E-state index in [4.69, 9.17) is 9.47 Å². The number of halogens is 4. The van der Waals surface area contributed by atoms with E-state index in [-0.39, 0.29) is 60.5 Å². The zero-order valence-corrected chi connectivity index (χ0v) is 28.7. The Labute approximate surface area is 306 Å². The first-order chi connectivity index (χ1) is 25.9. The van der Waals surface area contributed by atoms with E-state index in [1.807, 2.05) is 4.57 Å². The van der Waals surface area contributed by atoms with E-state index in [0.29, 0.717) is 36.2 Å². The van der Waals surface area contributed by atoms with E-state index in [1.165, 1.54) is 30.3 Å². The maximum atomic E-state index is 14.1. The second-order valence-electron chi connectivity index (χ2n) is 13.4. The van der Waals surface area contributed by atoms with Gasteiger partial charge >= 0.3 is 6.18 Å². The number of hydrogen-bond acceptors (Lipinski definition) is 8. The molecule has 3 heterocycles. The summed E-state index contributed by atoms with van der Waals surface area (Å²) < 4.78 is 67.3. The lowest BCUT2D eigenvalue weighted by Crippen LogP contribution is -2.54. The number of aromatic nitrogens is 2. The van der Waals surface area contributed by atoms with Crippen LogP contribution in [0.4, 0.5) is 23.5 Å². The van der Waals surface area contributed by atoms with Gasteiger partial charge in [-0.1, -0.05) is 6.07 Å². The van der Waals surface area contributed by atoms with Crippen molar-refractivity contribution in [2.45, 2.75) is 56.8 Å². The summed E-state index contributed by atoms with van der Waals surface area (Å²) in [6, 6.07) is 11.5. The van der Waals surface area contributed by atoms with Crippen LogP contribution in [0.2, 0.25) is 0 Å². The van der Waals surface area contributed by atoms with Crippen molar-refractivity contribution >= 4 is 53.8 Å².